The smallest absolute Gasteiger partial charge is 0.489 e. The number of nitrogens with one attached hydrogen (secondary N) is 1. The number of aromatic amines is 1. The summed E-state index contributed by atoms with van der Waals surface area (Å²) >= 11 is 0. The summed E-state index contributed by atoms with van der Waals surface area (Å²) in [5, 5.41) is 49.9. The van der Waals surface area contributed by atoms with Gasteiger partial charge in [0.2, 0.25) is 17.6 Å². The van der Waals surface area contributed by atoms with Crippen LogP contribution in [0.2, 0.25) is 0 Å². The van der Waals surface area contributed by atoms with Crippen LogP contribution in [0, 0.1) is 0 Å². The Morgan fingerprint density at radius 1 is 0.466 bits per heavy atom. The fraction of sp³-hybridized carbons (Fsp3) is 0.594. The minimum atomic E-state index is -5.90. The van der Waals surface area contributed by atoms with Crippen molar-refractivity contribution < 1.29 is 148 Å². The predicted octanol–water partition coefficient (Wildman–Crippen LogP) is 4.66. The number of aliphatic hydroxyl groups is 5. The zero-order chi connectivity index (χ0) is 73.8. The van der Waals surface area contributed by atoms with Crippen LogP contribution in [0.1, 0.15) is 86.1 Å². The Hall–Kier alpha value is -6.90. The SMILES string of the molecule is O=S(=O)(Oc1cc(OCCO)nc(C2(O)COC2)c1)C(F)(F)F.O=S(=O)(Oc1cc(OCCOC2CCCCO2)nc(C2(O)COC2)c1)C(F)(F)F.O=c1cc(OCCOC2CCCCO2)[nH]c(C2(O)COC2)c1.OC1(c2cc(OCc3ccccc3)cc(OCCOC3CCCCO3)n2)COC1. The Morgan fingerprint density at radius 2 is 0.845 bits per heavy atom. The van der Waals surface area contributed by atoms with Gasteiger partial charge in [-0.15, -0.1) is 0 Å². The van der Waals surface area contributed by atoms with Crippen LogP contribution in [0.5, 0.6) is 40.8 Å². The number of hydrogen-bond donors (Lipinski definition) is 6. The van der Waals surface area contributed by atoms with Crippen LogP contribution in [0.25, 0.3) is 0 Å². The van der Waals surface area contributed by atoms with Crippen molar-refractivity contribution in [3.05, 3.63) is 117 Å². The molecular weight excluding hydrogens is 1430 g/mol. The van der Waals surface area contributed by atoms with E-state index in [4.69, 9.17) is 76.2 Å². The molecule has 0 radical (unpaired) electrons. The first-order valence-electron chi connectivity index (χ1n) is 32.6. The molecule has 7 fully saturated rings. The molecule has 0 aliphatic carbocycles. The van der Waals surface area contributed by atoms with Crippen molar-refractivity contribution in [1.82, 2.24) is 19.9 Å². The van der Waals surface area contributed by atoms with Crippen LogP contribution in [-0.4, -0.2) is 218 Å². The van der Waals surface area contributed by atoms with Gasteiger partial charge in [0.1, 0.15) is 50.3 Å². The van der Waals surface area contributed by atoms with Crippen molar-refractivity contribution in [2.24, 2.45) is 0 Å². The summed E-state index contributed by atoms with van der Waals surface area (Å²) in [6.45, 7) is 3.48. The van der Waals surface area contributed by atoms with E-state index < -0.39 is 71.8 Å². The fourth-order valence-electron chi connectivity index (χ4n) is 9.94. The molecule has 103 heavy (non-hydrogen) atoms. The number of pyridine rings is 4. The predicted molar refractivity (Wildman–Crippen MR) is 338 cm³/mol. The highest BCUT2D eigenvalue weighted by Gasteiger charge is 2.51. The van der Waals surface area contributed by atoms with Gasteiger partial charge in [-0.05, 0) is 63.4 Å². The number of ether oxygens (including phenoxy) is 15. The van der Waals surface area contributed by atoms with E-state index in [9.17, 15) is 68.4 Å². The normalized spacial score (nSPS) is 21.0. The highest BCUT2D eigenvalue weighted by Crippen LogP contribution is 2.38. The quantitative estimate of drug-likeness (QED) is 0.0164. The maximum Gasteiger partial charge on any atom is 0.534 e. The first-order chi connectivity index (χ1) is 49.0. The summed E-state index contributed by atoms with van der Waals surface area (Å²) in [4.78, 5) is 26.9. The van der Waals surface area contributed by atoms with Crippen molar-refractivity contribution in [1.29, 1.82) is 0 Å². The Labute approximate surface area is 586 Å². The third-order valence-corrected chi connectivity index (χ3v) is 17.7. The van der Waals surface area contributed by atoms with E-state index in [1.165, 1.54) is 12.1 Å². The lowest BCUT2D eigenvalue weighted by atomic mass is 9.97. The number of aliphatic hydroxyl groups excluding tert-OH is 1. The van der Waals surface area contributed by atoms with Gasteiger partial charge in [-0.3, -0.25) is 4.79 Å². The lowest BCUT2D eigenvalue weighted by Gasteiger charge is -2.36. The number of aromatic nitrogens is 4. The average molecular weight is 1520 g/mol. The number of benzene rings is 1. The molecule has 7 saturated heterocycles. The van der Waals surface area contributed by atoms with Crippen molar-refractivity contribution in [2.75, 3.05) is 126 Å². The van der Waals surface area contributed by atoms with Gasteiger partial charge in [0, 0.05) is 68.4 Å². The molecule has 12 rings (SSSR count). The highest BCUT2D eigenvalue weighted by atomic mass is 32.2. The largest absolute Gasteiger partial charge is 0.534 e. The van der Waals surface area contributed by atoms with E-state index in [2.05, 4.69) is 28.3 Å². The number of alkyl halides is 6. The maximum absolute atomic E-state index is 12.6. The molecule has 7 aliphatic heterocycles. The van der Waals surface area contributed by atoms with Gasteiger partial charge in [0.15, 0.2) is 52.6 Å². The summed E-state index contributed by atoms with van der Waals surface area (Å²) in [6, 6.07) is 19.5. The molecule has 0 saturated carbocycles. The molecule has 4 aromatic heterocycles. The molecule has 6 N–H and O–H groups in total. The average Bonchev–Trinajstić information content (AvgIpc) is 0.802. The zero-order valence-corrected chi connectivity index (χ0v) is 57.0. The van der Waals surface area contributed by atoms with E-state index in [1.54, 1.807) is 12.1 Å². The van der Waals surface area contributed by atoms with Crippen molar-refractivity contribution in [3.8, 4) is 40.8 Å². The molecular formula is C64H80F6N4O27S2. The van der Waals surface area contributed by atoms with Gasteiger partial charge >= 0.3 is 31.3 Å². The minimum absolute atomic E-state index is 0.0310. The lowest BCUT2D eigenvalue weighted by molar-refractivity contribution is -0.187. The van der Waals surface area contributed by atoms with Crippen molar-refractivity contribution in [3.63, 3.8) is 0 Å². The third-order valence-electron chi connectivity index (χ3n) is 15.7. The molecule has 3 unspecified atom stereocenters. The Morgan fingerprint density at radius 3 is 1.20 bits per heavy atom. The summed E-state index contributed by atoms with van der Waals surface area (Å²) in [5.74, 6) is -0.687. The summed E-state index contributed by atoms with van der Waals surface area (Å²) in [6.07, 6.45) is 8.25. The third kappa shape index (κ3) is 23.5. The molecule has 0 bridgehead atoms. The van der Waals surface area contributed by atoms with Crippen LogP contribution in [0.3, 0.4) is 0 Å². The van der Waals surface area contributed by atoms with Gasteiger partial charge in [-0.2, -0.15) is 43.2 Å². The second-order valence-electron chi connectivity index (χ2n) is 24.1. The van der Waals surface area contributed by atoms with Crippen LogP contribution in [-0.2, 0) is 96.6 Å². The first kappa shape index (κ1) is 80.2. The number of rotatable bonds is 29. The minimum Gasteiger partial charge on any atom is -0.489 e. The van der Waals surface area contributed by atoms with E-state index in [0.29, 0.717) is 68.5 Å². The molecule has 5 aromatic rings. The van der Waals surface area contributed by atoms with Crippen LogP contribution < -0.4 is 37.5 Å². The summed E-state index contributed by atoms with van der Waals surface area (Å²) < 4.78 is 208. The van der Waals surface area contributed by atoms with Crippen LogP contribution in [0.4, 0.5) is 26.3 Å². The molecule has 0 spiro atoms. The van der Waals surface area contributed by atoms with Gasteiger partial charge < -0.3 is 110 Å². The number of H-pyrrole nitrogens is 1. The summed E-state index contributed by atoms with van der Waals surface area (Å²) in [5.41, 5.74) is -15.2. The first-order valence-corrected chi connectivity index (χ1v) is 35.4. The van der Waals surface area contributed by atoms with Crippen molar-refractivity contribution in [2.45, 2.75) is 117 Å². The Bertz CT molecular complexity index is 3780. The van der Waals surface area contributed by atoms with Gasteiger partial charge in [0.05, 0.1) is 102 Å². The van der Waals surface area contributed by atoms with Gasteiger partial charge in [-0.1, -0.05) is 30.3 Å². The molecule has 11 heterocycles. The van der Waals surface area contributed by atoms with E-state index in [-0.39, 0.29) is 120 Å². The zero-order valence-electron chi connectivity index (χ0n) is 55.4. The molecule has 0 amide bonds. The monoisotopic (exact) mass is 1510 g/mol. The topological polar surface area (TPSA) is 398 Å². The van der Waals surface area contributed by atoms with Crippen LogP contribution in [0.15, 0.2) is 83.7 Å². The lowest BCUT2D eigenvalue weighted by Crippen LogP contribution is -2.47. The second-order valence-corrected chi connectivity index (χ2v) is 27.2. The Kier molecular flexibility index (Phi) is 28.3. The summed E-state index contributed by atoms with van der Waals surface area (Å²) in [7, 11) is -11.8. The second kappa shape index (κ2) is 36.4. The molecule has 3 atom stereocenters. The Balaban J connectivity index is 0.000000161. The van der Waals surface area contributed by atoms with E-state index in [0.717, 1.165) is 101 Å². The number of halogens is 6. The molecule has 7 aliphatic rings. The van der Waals surface area contributed by atoms with Gasteiger partial charge in [0.25, 0.3) is 0 Å². The van der Waals surface area contributed by atoms with Crippen molar-refractivity contribution >= 4 is 20.2 Å². The highest BCUT2D eigenvalue weighted by molar-refractivity contribution is 7.88. The maximum atomic E-state index is 12.6. The van der Waals surface area contributed by atoms with Crippen LogP contribution >= 0.6 is 0 Å². The van der Waals surface area contributed by atoms with E-state index >= 15 is 0 Å². The molecule has 39 heteroatoms. The van der Waals surface area contributed by atoms with E-state index in [1.807, 2.05) is 30.3 Å². The fourth-order valence-corrected chi connectivity index (χ4v) is 10.8. The molecule has 1 aromatic carbocycles. The number of hydrogen-bond acceptors (Lipinski definition) is 30. The van der Waals surface area contributed by atoms with Gasteiger partial charge in [-0.25, -0.2) is 15.0 Å². The molecule has 572 valence electrons. The molecule has 31 nitrogen and oxygen atoms in total. The standard InChI is InChI=1S/C22H27NO6.C16H20F3NO8S.C15H21NO6.C11H12F3NO7S/c24-22(15-25-16-22)19-12-18(29-14-17-6-2-1-3-7-17)13-20(23-19)26-10-11-28-21-8-4-5-9-27-21;17-16(18,19)29(22,23)28-11-7-12(15(21)9-24-10-15)20-13(8-11)25-5-6-27-14-3-1-2-4-26-14;17-11-7-12(15(18)9-19-10-15)16-13(8-11)20-5-6-22-14-3-1-2-4-21-14;12-11(13,14)23(18,19)22-7-3-8(10(17)5-20-6-10)15-9(4-7)21-2-1-16/h1-3,6-7,12-13,21,24H,4-5,8-11,14-16H2;7-8,14,21H,1-6,9-10H2;7-8,14,18H,1-6,9-10H2,(H,16,17);3-4,16-17H,1-2,5-6H2. The number of nitrogens with zero attached hydrogens (tertiary/aromatic N) is 3.